The number of hydrogen-bond acceptors (Lipinski definition) is 5. The first-order valence-corrected chi connectivity index (χ1v) is 9.51. The number of aromatic nitrogens is 1. The lowest BCUT2D eigenvalue weighted by Gasteiger charge is -2.12. The van der Waals surface area contributed by atoms with Gasteiger partial charge in [-0.1, -0.05) is 25.4 Å². The third-order valence-electron chi connectivity index (χ3n) is 3.23. The van der Waals surface area contributed by atoms with E-state index >= 15 is 0 Å². The number of anilines is 2. The van der Waals surface area contributed by atoms with Crippen molar-refractivity contribution in [3.05, 3.63) is 34.3 Å². The Morgan fingerprint density at radius 2 is 1.96 bits per heavy atom. The topological polar surface area (TPSA) is 80.3 Å². The van der Waals surface area contributed by atoms with Crippen LogP contribution < -0.4 is 15.4 Å². The number of nitrogens with zero attached hydrogens (tertiary/aromatic N) is 1. The number of carbonyl (C=O) groups excluding carboxylic acids is 2. The van der Waals surface area contributed by atoms with Crippen LogP contribution in [0.1, 0.15) is 33.4 Å². The first-order chi connectivity index (χ1) is 12.2. The van der Waals surface area contributed by atoms with E-state index in [2.05, 4.69) is 15.6 Å². The van der Waals surface area contributed by atoms with Crippen LogP contribution in [0.25, 0.3) is 0 Å². The van der Waals surface area contributed by atoms with Crippen LogP contribution in [0.15, 0.2) is 23.6 Å². The molecule has 1 aromatic carbocycles. The van der Waals surface area contributed by atoms with Crippen molar-refractivity contribution in [1.29, 1.82) is 0 Å². The molecule has 2 aromatic rings. The largest absolute Gasteiger partial charge is 0.489 e. The molecular weight excluding hydrogens is 374 g/mol. The number of rotatable bonds is 7. The molecule has 1 aromatic heterocycles. The lowest BCUT2D eigenvalue weighted by molar-refractivity contribution is -0.119. The van der Waals surface area contributed by atoms with E-state index < -0.39 is 0 Å². The van der Waals surface area contributed by atoms with Gasteiger partial charge in [-0.2, -0.15) is 0 Å². The molecule has 8 heteroatoms. The van der Waals surface area contributed by atoms with E-state index in [0.29, 0.717) is 27.3 Å². The molecule has 0 bridgehead atoms. The van der Waals surface area contributed by atoms with Crippen LogP contribution in [0, 0.1) is 5.92 Å². The van der Waals surface area contributed by atoms with Gasteiger partial charge in [-0.05, 0) is 32.0 Å². The van der Waals surface area contributed by atoms with E-state index in [9.17, 15) is 9.59 Å². The molecule has 0 spiro atoms. The summed E-state index contributed by atoms with van der Waals surface area (Å²) in [6, 6.07) is 5.10. The van der Waals surface area contributed by atoms with E-state index in [1.807, 2.05) is 13.8 Å². The minimum atomic E-state index is -0.217. The van der Waals surface area contributed by atoms with Gasteiger partial charge in [0.25, 0.3) is 0 Å². The Hall–Kier alpha value is -2.12. The van der Waals surface area contributed by atoms with Gasteiger partial charge in [0, 0.05) is 17.0 Å². The van der Waals surface area contributed by atoms with E-state index in [4.69, 9.17) is 16.3 Å². The number of ether oxygens (including phenoxy) is 1. The van der Waals surface area contributed by atoms with Crippen LogP contribution in [0.2, 0.25) is 5.02 Å². The lowest BCUT2D eigenvalue weighted by Crippen LogP contribution is -2.18. The van der Waals surface area contributed by atoms with Gasteiger partial charge in [-0.3, -0.25) is 9.59 Å². The fourth-order valence-corrected chi connectivity index (χ4v) is 2.93. The summed E-state index contributed by atoms with van der Waals surface area (Å²) in [5, 5.41) is 8.17. The third-order valence-corrected chi connectivity index (χ3v) is 4.33. The predicted octanol–water partition coefficient (Wildman–Crippen LogP) is 4.36. The van der Waals surface area contributed by atoms with Crippen LogP contribution >= 0.6 is 22.9 Å². The van der Waals surface area contributed by atoms with Crippen molar-refractivity contribution in [2.75, 3.05) is 10.6 Å². The van der Waals surface area contributed by atoms with Crippen LogP contribution in [0.4, 0.5) is 10.8 Å². The minimum Gasteiger partial charge on any atom is -0.489 e. The van der Waals surface area contributed by atoms with Gasteiger partial charge in [-0.25, -0.2) is 4.98 Å². The van der Waals surface area contributed by atoms with E-state index in [1.165, 1.54) is 11.3 Å². The Balaban J connectivity index is 1.94. The summed E-state index contributed by atoms with van der Waals surface area (Å²) in [4.78, 5) is 28.1. The Kier molecular flexibility index (Phi) is 6.99. The van der Waals surface area contributed by atoms with E-state index in [0.717, 1.165) is 0 Å². The molecule has 0 aliphatic rings. The summed E-state index contributed by atoms with van der Waals surface area (Å²) in [6.45, 7) is 7.44. The molecule has 1 heterocycles. The fraction of sp³-hybridized carbons (Fsp3) is 0.389. The van der Waals surface area contributed by atoms with Crippen molar-refractivity contribution < 1.29 is 14.3 Å². The number of benzene rings is 1. The van der Waals surface area contributed by atoms with Crippen LogP contribution in [0.3, 0.4) is 0 Å². The second kappa shape index (κ2) is 9.00. The third kappa shape index (κ3) is 6.00. The summed E-state index contributed by atoms with van der Waals surface area (Å²) in [5.74, 6) is 0.127. The van der Waals surface area contributed by atoms with Gasteiger partial charge in [-0.15, -0.1) is 11.3 Å². The van der Waals surface area contributed by atoms with Crippen LogP contribution in [0.5, 0.6) is 5.75 Å². The van der Waals surface area contributed by atoms with Crippen LogP contribution in [-0.2, 0) is 16.0 Å². The Morgan fingerprint density at radius 3 is 2.58 bits per heavy atom. The van der Waals surface area contributed by atoms with Gasteiger partial charge in [0.15, 0.2) is 5.13 Å². The molecule has 0 aliphatic carbocycles. The molecule has 0 radical (unpaired) electrons. The first kappa shape index (κ1) is 20.2. The zero-order valence-electron chi connectivity index (χ0n) is 15.1. The predicted molar refractivity (Wildman–Crippen MR) is 105 cm³/mol. The minimum absolute atomic E-state index is 0.0167. The first-order valence-electron chi connectivity index (χ1n) is 8.26. The van der Waals surface area contributed by atoms with E-state index in [-0.39, 0.29) is 30.3 Å². The summed E-state index contributed by atoms with van der Waals surface area (Å²) in [7, 11) is 0. The maximum atomic E-state index is 12.2. The number of nitrogens with one attached hydrogen (secondary N) is 2. The van der Waals surface area contributed by atoms with Crippen molar-refractivity contribution in [2.45, 2.75) is 40.2 Å². The molecule has 6 nitrogen and oxygen atoms in total. The molecule has 0 fully saturated rings. The number of halogens is 1. The highest BCUT2D eigenvalue weighted by molar-refractivity contribution is 7.13. The molecule has 2 rings (SSSR count). The SMILES string of the molecule is CC(C)Oc1ccc(NC(=O)Cc2csc(NC(=O)C(C)C)n2)cc1Cl. The fourth-order valence-electron chi connectivity index (χ4n) is 1.99. The second-order valence-electron chi connectivity index (χ2n) is 6.32. The smallest absolute Gasteiger partial charge is 0.230 e. The highest BCUT2D eigenvalue weighted by Gasteiger charge is 2.13. The van der Waals surface area contributed by atoms with Crippen molar-refractivity contribution in [1.82, 2.24) is 4.98 Å². The van der Waals surface area contributed by atoms with Gasteiger partial charge in [0.2, 0.25) is 11.8 Å². The normalized spacial score (nSPS) is 10.9. The van der Waals surface area contributed by atoms with Crippen molar-refractivity contribution in [2.24, 2.45) is 5.92 Å². The summed E-state index contributed by atoms with van der Waals surface area (Å²) in [5.41, 5.74) is 1.18. The van der Waals surface area contributed by atoms with E-state index in [1.54, 1.807) is 37.4 Å². The highest BCUT2D eigenvalue weighted by Crippen LogP contribution is 2.28. The molecule has 0 saturated carbocycles. The summed E-state index contributed by atoms with van der Waals surface area (Å²) >= 11 is 7.46. The molecular formula is C18H22ClN3O3S. The van der Waals surface area contributed by atoms with Crippen LogP contribution in [-0.4, -0.2) is 22.9 Å². The molecule has 2 N–H and O–H groups in total. The average Bonchev–Trinajstić information content (AvgIpc) is 2.96. The zero-order chi connectivity index (χ0) is 19.3. The Morgan fingerprint density at radius 1 is 1.23 bits per heavy atom. The second-order valence-corrected chi connectivity index (χ2v) is 7.59. The lowest BCUT2D eigenvalue weighted by atomic mass is 10.2. The maximum absolute atomic E-state index is 12.2. The average molecular weight is 396 g/mol. The number of amides is 2. The van der Waals surface area contributed by atoms with Gasteiger partial charge in [0.05, 0.1) is 23.2 Å². The zero-order valence-corrected chi connectivity index (χ0v) is 16.7. The van der Waals surface area contributed by atoms with Gasteiger partial charge < -0.3 is 15.4 Å². The quantitative estimate of drug-likeness (QED) is 0.729. The van der Waals surface area contributed by atoms with Crippen molar-refractivity contribution >= 4 is 45.6 Å². The molecule has 26 heavy (non-hydrogen) atoms. The number of hydrogen-bond donors (Lipinski definition) is 2. The van der Waals surface area contributed by atoms with Gasteiger partial charge in [0.1, 0.15) is 5.75 Å². The monoisotopic (exact) mass is 395 g/mol. The molecule has 2 amide bonds. The summed E-state index contributed by atoms with van der Waals surface area (Å²) in [6.07, 6.45) is 0.124. The van der Waals surface area contributed by atoms with Crippen molar-refractivity contribution in [3.63, 3.8) is 0 Å². The highest BCUT2D eigenvalue weighted by atomic mass is 35.5. The number of carbonyl (C=O) groups is 2. The number of thiazole rings is 1. The standard InChI is InChI=1S/C18H22ClN3O3S/c1-10(2)17(24)22-18-21-13(9-26-18)8-16(23)20-12-5-6-15(14(19)7-12)25-11(3)4/h5-7,9-11H,8H2,1-4H3,(H,20,23)(H,21,22,24). The Bertz CT molecular complexity index is 790. The molecule has 0 atom stereocenters. The maximum Gasteiger partial charge on any atom is 0.230 e. The van der Waals surface area contributed by atoms with Gasteiger partial charge >= 0.3 is 0 Å². The Labute approximate surface area is 161 Å². The summed E-state index contributed by atoms with van der Waals surface area (Å²) < 4.78 is 5.56. The molecule has 140 valence electrons. The molecule has 0 saturated heterocycles. The molecule has 0 aliphatic heterocycles. The van der Waals surface area contributed by atoms with Crippen molar-refractivity contribution in [3.8, 4) is 5.75 Å². The molecule has 0 unspecified atom stereocenters.